The SMILES string of the molecule is O=C1/C(=C/c2cccn2-c2ccc([N+](=O)[O-])cc2)NC(=S)N1Cc1ccccc1Cl. The van der Waals surface area contributed by atoms with E-state index in [1.54, 1.807) is 24.3 Å². The number of carbonyl (C=O) groups excluding carboxylic acids is 1. The second kappa shape index (κ2) is 8.10. The number of amides is 1. The maximum atomic E-state index is 12.9. The maximum Gasteiger partial charge on any atom is 0.276 e. The fourth-order valence-corrected chi connectivity index (χ4v) is 3.59. The van der Waals surface area contributed by atoms with Gasteiger partial charge in [0.25, 0.3) is 11.6 Å². The summed E-state index contributed by atoms with van der Waals surface area (Å²) in [6, 6.07) is 17.1. The smallest absolute Gasteiger partial charge is 0.276 e. The average Bonchev–Trinajstić information content (AvgIpc) is 3.30. The van der Waals surface area contributed by atoms with E-state index in [1.807, 2.05) is 41.1 Å². The van der Waals surface area contributed by atoms with E-state index in [2.05, 4.69) is 5.32 Å². The quantitative estimate of drug-likeness (QED) is 0.278. The van der Waals surface area contributed by atoms with Gasteiger partial charge in [-0.05, 0) is 54.2 Å². The number of rotatable bonds is 5. The molecule has 0 radical (unpaired) electrons. The molecule has 0 aliphatic carbocycles. The number of benzene rings is 2. The third kappa shape index (κ3) is 3.83. The van der Waals surface area contributed by atoms with Crippen molar-refractivity contribution < 1.29 is 9.72 Å². The van der Waals surface area contributed by atoms with Gasteiger partial charge in [-0.1, -0.05) is 29.8 Å². The van der Waals surface area contributed by atoms with Gasteiger partial charge in [-0.2, -0.15) is 0 Å². The van der Waals surface area contributed by atoms with Crippen LogP contribution in [0, 0.1) is 10.1 Å². The second-order valence-electron chi connectivity index (χ2n) is 6.55. The highest BCUT2D eigenvalue weighted by Crippen LogP contribution is 2.23. The lowest BCUT2D eigenvalue weighted by Gasteiger charge is -2.14. The van der Waals surface area contributed by atoms with E-state index in [4.69, 9.17) is 23.8 Å². The summed E-state index contributed by atoms with van der Waals surface area (Å²) in [6.07, 6.45) is 3.51. The van der Waals surface area contributed by atoms with Gasteiger partial charge in [0.15, 0.2) is 5.11 Å². The Morgan fingerprint density at radius 3 is 2.53 bits per heavy atom. The van der Waals surface area contributed by atoms with Crippen molar-refractivity contribution in [1.82, 2.24) is 14.8 Å². The lowest BCUT2D eigenvalue weighted by molar-refractivity contribution is -0.384. The van der Waals surface area contributed by atoms with Crippen LogP contribution in [0.15, 0.2) is 72.6 Å². The fourth-order valence-electron chi connectivity index (χ4n) is 3.14. The van der Waals surface area contributed by atoms with E-state index >= 15 is 0 Å². The monoisotopic (exact) mass is 438 g/mol. The Morgan fingerprint density at radius 2 is 1.83 bits per heavy atom. The number of nitro groups is 1. The van der Waals surface area contributed by atoms with Crippen molar-refractivity contribution in [2.45, 2.75) is 6.54 Å². The molecule has 0 bridgehead atoms. The van der Waals surface area contributed by atoms with Crippen molar-refractivity contribution in [2.24, 2.45) is 0 Å². The molecule has 30 heavy (non-hydrogen) atoms. The summed E-state index contributed by atoms with van der Waals surface area (Å²) in [4.78, 5) is 24.8. The van der Waals surface area contributed by atoms with Crippen LogP contribution in [0.1, 0.15) is 11.3 Å². The zero-order valence-electron chi connectivity index (χ0n) is 15.5. The van der Waals surface area contributed by atoms with Gasteiger partial charge in [0.05, 0.1) is 11.5 Å². The van der Waals surface area contributed by atoms with Gasteiger partial charge in [-0.3, -0.25) is 19.8 Å². The summed E-state index contributed by atoms with van der Waals surface area (Å²) in [5, 5.41) is 14.7. The van der Waals surface area contributed by atoms with E-state index in [0.29, 0.717) is 15.8 Å². The molecule has 3 aromatic rings. The summed E-state index contributed by atoms with van der Waals surface area (Å²) in [5.41, 5.74) is 2.61. The van der Waals surface area contributed by atoms with Crippen LogP contribution >= 0.6 is 23.8 Å². The van der Waals surface area contributed by atoms with Crippen molar-refractivity contribution in [3.05, 3.63) is 99.0 Å². The standard InChI is InChI=1S/C21H15ClN4O3S/c22-18-6-2-1-4-14(18)13-25-20(27)19(23-21(25)30)12-17-5-3-11-24(17)15-7-9-16(10-8-15)26(28)29/h1-12H,13H2,(H,23,30)/b19-12-. The van der Waals surface area contributed by atoms with Gasteiger partial charge in [0.2, 0.25) is 0 Å². The zero-order valence-corrected chi connectivity index (χ0v) is 17.1. The highest BCUT2D eigenvalue weighted by molar-refractivity contribution is 7.80. The van der Waals surface area contributed by atoms with Crippen LogP contribution in [0.25, 0.3) is 11.8 Å². The molecular weight excluding hydrogens is 424 g/mol. The van der Waals surface area contributed by atoms with Crippen LogP contribution in [0.2, 0.25) is 5.02 Å². The molecule has 1 aliphatic rings. The molecular formula is C21H15ClN4O3S. The van der Waals surface area contributed by atoms with E-state index in [1.165, 1.54) is 17.0 Å². The summed E-state index contributed by atoms with van der Waals surface area (Å²) in [5.74, 6) is -0.253. The van der Waals surface area contributed by atoms with Crippen LogP contribution in [0.4, 0.5) is 5.69 Å². The van der Waals surface area contributed by atoms with E-state index < -0.39 is 4.92 Å². The summed E-state index contributed by atoms with van der Waals surface area (Å²) < 4.78 is 1.82. The fraction of sp³-hybridized carbons (Fsp3) is 0.0476. The molecule has 1 amide bonds. The van der Waals surface area contributed by atoms with Crippen LogP contribution in [0.3, 0.4) is 0 Å². The normalized spacial score (nSPS) is 15.0. The first-order valence-electron chi connectivity index (χ1n) is 8.94. The van der Waals surface area contributed by atoms with E-state index in [0.717, 1.165) is 16.9 Å². The molecule has 7 nitrogen and oxygen atoms in total. The van der Waals surface area contributed by atoms with Gasteiger partial charge in [0, 0.05) is 34.7 Å². The first-order valence-corrected chi connectivity index (χ1v) is 9.73. The maximum absolute atomic E-state index is 12.9. The van der Waals surface area contributed by atoms with Crippen LogP contribution in [-0.2, 0) is 11.3 Å². The lowest BCUT2D eigenvalue weighted by atomic mass is 10.2. The van der Waals surface area contributed by atoms with Crippen molar-refractivity contribution in [2.75, 3.05) is 0 Å². The number of hydrogen-bond acceptors (Lipinski definition) is 4. The molecule has 2 aromatic carbocycles. The van der Waals surface area contributed by atoms with Crippen molar-refractivity contribution in [1.29, 1.82) is 0 Å². The topological polar surface area (TPSA) is 80.4 Å². The van der Waals surface area contributed by atoms with Gasteiger partial charge in [-0.15, -0.1) is 0 Å². The van der Waals surface area contributed by atoms with Crippen molar-refractivity contribution in [3.63, 3.8) is 0 Å². The molecule has 1 aliphatic heterocycles. The third-order valence-electron chi connectivity index (χ3n) is 4.66. The molecule has 1 fully saturated rings. The Hall–Kier alpha value is -3.49. The highest BCUT2D eigenvalue weighted by Gasteiger charge is 2.31. The van der Waals surface area contributed by atoms with Gasteiger partial charge in [0.1, 0.15) is 5.70 Å². The Balaban J connectivity index is 1.60. The molecule has 0 unspecified atom stereocenters. The molecule has 0 spiro atoms. The Kier molecular flexibility index (Phi) is 5.35. The summed E-state index contributed by atoms with van der Waals surface area (Å²) in [7, 11) is 0. The number of aromatic nitrogens is 1. The minimum absolute atomic E-state index is 0.0130. The molecule has 2 heterocycles. The third-order valence-corrected chi connectivity index (χ3v) is 5.35. The van der Waals surface area contributed by atoms with Crippen LogP contribution < -0.4 is 5.32 Å². The largest absolute Gasteiger partial charge is 0.328 e. The van der Waals surface area contributed by atoms with Crippen LogP contribution in [0.5, 0.6) is 0 Å². The molecule has 1 aromatic heterocycles. The van der Waals surface area contributed by atoms with Gasteiger partial charge >= 0.3 is 0 Å². The minimum Gasteiger partial charge on any atom is -0.328 e. The van der Waals surface area contributed by atoms with Crippen molar-refractivity contribution >= 4 is 46.6 Å². The van der Waals surface area contributed by atoms with E-state index in [9.17, 15) is 14.9 Å². The van der Waals surface area contributed by atoms with E-state index in [-0.39, 0.29) is 18.1 Å². The summed E-state index contributed by atoms with van der Waals surface area (Å²) >= 11 is 11.5. The number of thiocarbonyl (C=S) groups is 1. The molecule has 150 valence electrons. The first kappa shape index (κ1) is 19.8. The van der Waals surface area contributed by atoms with Gasteiger partial charge < -0.3 is 9.88 Å². The molecule has 0 atom stereocenters. The van der Waals surface area contributed by atoms with Gasteiger partial charge in [-0.25, -0.2) is 0 Å². The number of halogens is 1. The molecule has 0 saturated carbocycles. The zero-order chi connectivity index (χ0) is 21.3. The lowest BCUT2D eigenvalue weighted by Crippen LogP contribution is -2.30. The predicted octanol–water partition coefficient (Wildman–Crippen LogP) is 4.30. The number of hydrogen-bond donors (Lipinski definition) is 1. The molecule has 1 saturated heterocycles. The Morgan fingerprint density at radius 1 is 1.10 bits per heavy atom. The Bertz CT molecular complexity index is 1190. The number of non-ortho nitro benzene ring substituents is 1. The second-order valence-corrected chi connectivity index (χ2v) is 7.34. The number of nitro benzene ring substituents is 1. The molecule has 9 heteroatoms. The highest BCUT2D eigenvalue weighted by atomic mass is 35.5. The number of carbonyl (C=O) groups is 1. The molecule has 1 N–H and O–H groups in total. The first-order chi connectivity index (χ1) is 14.4. The number of nitrogens with one attached hydrogen (secondary N) is 1. The predicted molar refractivity (Wildman–Crippen MR) is 118 cm³/mol. The average molecular weight is 439 g/mol. The van der Waals surface area contributed by atoms with Crippen LogP contribution in [-0.4, -0.2) is 25.4 Å². The Labute approximate surface area is 182 Å². The minimum atomic E-state index is -0.446. The summed E-state index contributed by atoms with van der Waals surface area (Å²) in [6.45, 7) is 0.269. The van der Waals surface area contributed by atoms with Crippen molar-refractivity contribution in [3.8, 4) is 5.69 Å². The molecule has 4 rings (SSSR count). The number of nitrogens with zero attached hydrogens (tertiary/aromatic N) is 3.